The van der Waals surface area contributed by atoms with Crippen LogP contribution >= 0.6 is 35.7 Å². The summed E-state index contributed by atoms with van der Waals surface area (Å²) in [6.07, 6.45) is 14.3. The number of Topliss-reactive ketones (excluding diaryl/α,β-unsaturated/α-hetero) is 1. The highest BCUT2D eigenvalue weighted by atomic mass is 32.2. The van der Waals surface area contributed by atoms with Crippen molar-refractivity contribution in [1.82, 2.24) is 4.72 Å². The maximum Gasteiger partial charge on any atom is 0.241 e. The van der Waals surface area contributed by atoms with E-state index in [1.165, 1.54) is 69.5 Å². The molecule has 0 aliphatic rings. The zero-order valence-corrected chi connectivity index (χ0v) is 30.3. The van der Waals surface area contributed by atoms with Crippen LogP contribution in [0.1, 0.15) is 104 Å². The number of nitrogens with zero attached hydrogens (tertiary/aromatic N) is 2. The van der Waals surface area contributed by atoms with Gasteiger partial charge in [-0.1, -0.05) is 113 Å². The van der Waals surface area contributed by atoms with Crippen molar-refractivity contribution >= 4 is 71.5 Å². The number of carbonyl (C=O) groups is 1. The highest BCUT2D eigenvalue weighted by Crippen LogP contribution is 2.35. The second-order valence-corrected chi connectivity index (χ2v) is 17.3. The largest absolute Gasteiger partial charge is 0.377 e. The number of unbranched alkanes of at least 4 members (excludes halogenated alkanes) is 9. The summed E-state index contributed by atoms with van der Waals surface area (Å²) >= 11 is 8.58. The molecule has 10 heteroatoms. The number of nitriles is 1. The Hall–Kier alpha value is -1.64. The molecule has 0 fully saturated rings. The van der Waals surface area contributed by atoms with Gasteiger partial charge in [0.25, 0.3) is 0 Å². The van der Waals surface area contributed by atoms with Gasteiger partial charge in [0, 0.05) is 49.9 Å². The van der Waals surface area contributed by atoms with Crippen LogP contribution in [0.2, 0.25) is 0 Å². The predicted octanol–water partition coefficient (Wildman–Crippen LogP) is 9.27. The zero-order valence-electron chi connectivity index (χ0n) is 27.0. The minimum Gasteiger partial charge on any atom is -0.377 e. The number of sulfonamides is 1. The number of thiocarbonyl (C=S) groups is 1. The third-order valence-corrected chi connectivity index (χ3v) is 12.1. The van der Waals surface area contributed by atoms with Crippen molar-refractivity contribution in [2.75, 3.05) is 31.3 Å². The minimum atomic E-state index is -3.74. The minimum absolute atomic E-state index is 0.0241. The monoisotopic (exact) mass is 677 g/mol. The summed E-state index contributed by atoms with van der Waals surface area (Å²) in [6.45, 7) is 4.26. The molecule has 0 spiro atoms. The van der Waals surface area contributed by atoms with E-state index in [1.807, 2.05) is 50.2 Å². The first kappa shape index (κ1) is 38.5. The average molecular weight is 678 g/mol. The SMILES string of the molecule is CCCCCCCCCCCCSC(=S)SC(C)(C#N)CCC(=O)CCCNS(=O)(=O)c1cccc2c(N(C)C)cccc12. The first-order chi connectivity index (χ1) is 21.0. The molecule has 0 amide bonds. The molecule has 6 nitrogen and oxygen atoms in total. The molecular formula is C34H51N3O3S4. The molecule has 2 aromatic rings. The third kappa shape index (κ3) is 13.8. The lowest BCUT2D eigenvalue weighted by Crippen LogP contribution is -2.26. The van der Waals surface area contributed by atoms with Gasteiger partial charge in [0.1, 0.15) is 14.1 Å². The first-order valence-electron chi connectivity index (χ1n) is 16.0. The molecule has 2 aromatic carbocycles. The number of ketones is 1. The molecule has 44 heavy (non-hydrogen) atoms. The van der Waals surface area contributed by atoms with Gasteiger partial charge in [-0.25, -0.2) is 13.1 Å². The second kappa shape index (κ2) is 20.5. The fourth-order valence-electron chi connectivity index (χ4n) is 5.05. The summed E-state index contributed by atoms with van der Waals surface area (Å²) in [5.41, 5.74) is 0.945. The van der Waals surface area contributed by atoms with Crippen LogP contribution in [0.15, 0.2) is 41.3 Å². The highest BCUT2D eigenvalue weighted by Gasteiger charge is 2.27. The molecule has 0 aliphatic heterocycles. The summed E-state index contributed by atoms with van der Waals surface area (Å²) in [4.78, 5) is 14.8. The number of hydrogen-bond acceptors (Lipinski definition) is 8. The van der Waals surface area contributed by atoms with Crippen molar-refractivity contribution in [2.45, 2.75) is 113 Å². The summed E-state index contributed by atoms with van der Waals surface area (Å²) in [7, 11) is 0.110. The number of rotatable bonds is 22. The Kier molecular flexibility index (Phi) is 17.9. The molecule has 0 heterocycles. The fraction of sp³-hybridized carbons (Fsp3) is 0.618. The number of carbonyl (C=O) groups excluding carboxylic acids is 1. The van der Waals surface area contributed by atoms with Crippen LogP contribution < -0.4 is 9.62 Å². The van der Waals surface area contributed by atoms with E-state index < -0.39 is 14.8 Å². The Morgan fingerprint density at radius 2 is 1.55 bits per heavy atom. The predicted molar refractivity (Wildman–Crippen MR) is 195 cm³/mol. The summed E-state index contributed by atoms with van der Waals surface area (Å²) in [6, 6.07) is 13.3. The Morgan fingerprint density at radius 1 is 0.932 bits per heavy atom. The second-order valence-electron chi connectivity index (χ2n) is 11.8. The van der Waals surface area contributed by atoms with E-state index in [2.05, 4.69) is 17.7 Å². The maximum absolute atomic E-state index is 13.1. The Labute approximate surface area is 280 Å². The molecule has 0 bridgehead atoms. The van der Waals surface area contributed by atoms with Crippen molar-refractivity contribution in [2.24, 2.45) is 0 Å². The van der Waals surface area contributed by atoms with Gasteiger partial charge in [-0.15, -0.1) is 11.8 Å². The molecular weight excluding hydrogens is 627 g/mol. The van der Waals surface area contributed by atoms with Crippen LogP contribution in [0.25, 0.3) is 10.8 Å². The molecule has 0 aliphatic carbocycles. The van der Waals surface area contributed by atoms with Crippen molar-refractivity contribution in [3.63, 3.8) is 0 Å². The summed E-state index contributed by atoms with van der Waals surface area (Å²) in [5, 5.41) is 11.3. The molecule has 0 radical (unpaired) electrons. The number of fused-ring (bicyclic) bond motifs is 1. The van der Waals surface area contributed by atoms with Crippen LogP contribution in [0.4, 0.5) is 5.69 Å². The van der Waals surface area contributed by atoms with Crippen LogP contribution in [-0.2, 0) is 14.8 Å². The number of hydrogen-bond donors (Lipinski definition) is 1. The lowest BCUT2D eigenvalue weighted by molar-refractivity contribution is -0.119. The standard InChI is InChI=1S/C34H51N3O3S4/c1-5-6-7-8-9-10-11-12-13-14-26-42-33(41)43-34(2,27-35)24-23-28(38)18-17-25-36-44(39,40)32-22-16-19-29-30(32)20-15-21-31(29)37(3)4/h15-16,19-22,36H,5-14,17-18,23-26H2,1-4H3. The number of nitrogens with one attached hydrogen (secondary N) is 1. The number of anilines is 1. The molecule has 1 unspecified atom stereocenters. The van der Waals surface area contributed by atoms with E-state index in [0.717, 1.165) is 26.8 Å². The van der Waals surface area contributed by atoms with Crippen LogP contribution in [-0.4, -0.2) is 48.9 Å². The van der Waals surface area contributed by atoms with E-state index >= 15 is 0 Å². The average Bonchev–Trinajstić information content (AvgIpc) is 3.00. The van der Waals surface area contributed by atoms with Crippen molar-refractivity contribution in [1.29, 1.82) is 5.26 Å². The van der Waals surface area contributed by atoms with Gasteiger partial charge in [0.05, 0.1) is 11.0 Å². The Balaban J connectivity index is 1.68. The molecule has 1 atom stereocenters. The van der Waals surface area contributed by atoms with E-state index in [9.17, 15) is 18.5 Å². The summed E-state index contributed by atoms with van der Waals surface area (Å²) < 4.78 is 28.9. The third-order valence-electron chi connectivity index (χ3n) is 7.70. The number of thioether (sulfide) groups is 2. The normalized spacial score (nSPS) is 13.0. The lowest BCUT2D eigenvalue weighted by atomic mass is 10.0. The maximum atomic E-state index is 13.1. The topological polar surface area (TPSA) is 90.3 Å². The van der Waals surface area contributed by atoms with Crippen molar-refractivity contribution in [3.05, 3.63) is 36.4 Å². The lowest BCUT2D eigenvalue weighted by Gasteiger charge is -2.20. The van der Waals surface area contributed by atoms with E-state index in [0.29, 0.717) is 18.2 Å². The quantitative estimate of drug-likeness (QED) is 0.0974. The smallest absolute Gasteiger partial charge is 0.241 e. The molecule has 0 saturated carbocycles. The molecule has 1 N–H and O–H groups in total. The first-order valence-corrected chi connectivity index (χ1v) is 19.7. The van der Waals surface area contributed by atoms with E-state index in [1.54, 1.807) is 23.9 Å². The molecule has 2 rings (SSSR count). The highest BCUT2D eigenvalue weighted by molar-refractivity contribution is 8.47. The Morgan fingerprint density at radius 3 is 2.18 bits per heavy atom. The van der Waals surface area contributed by atoms with Crippen LogP contribution in [0.3, 0.4) is 0 Å². The number of benzene rings is 2. The van der Waals surface area contributed by atoms with Crippen molar-refractivity contribution < 1.29 is 13.2 Å². The van der Waals surface area contributed by atoms with Gasteiger partial charge in [-0.3, -0.25) is 4.79 Å². The van der Waals surface area contributed by atoms with E-state index in [-0.39, 0.29) is 30.1 Å². The van der Waals surface area contributed by atoms with Gasteiger partial charge in [-0.2, -0.15) is 5.26 Å². The van der Waals surface area contributed by atoms with Gasteiger partial charge in [0.15, 0.2) is 0 Å². The molecule has 244 valence electrons. The van der Waals surface area contributed by atoms with Gasteiger partial charge in [-0.05, 0) is 44.1 Å². The van der Waals surface area contributed by atoms with Gasteiger partial charge < -0.3 is 4.90 Å². The van der Waals surface area contributed by atoms with Gasteiger partial charge >= 0.3 is 0 Å². The van der Waals surface area contributed by atoms with Gasteiger partial charge in [0.2, 0.25) is 10.0 Å². The fourth-order valence-corrected chi connectivity index (χ4v) is 9.32. The molecule has 0 saturated heterocycles. The van der Waals surface area contributed by atoms with Crippen LogP contribution in [0, 0.1) is 11.3 Å². The van der Waals surface area contributed by atoms with E-state index in [4.69, 9.17) is 12.2 Å². The summed E-state index contributed by atoms with van der Waals surface area (Å²) in [5.74, 6) is 0.991. The zero-order chi connectivity index (χ0) is 32.4. The van der Waals surface area contributed by atoms with Crippen molar-refractivity contribution in [3.8, 4) is 6.07 Å². The Bertz CT molecular complexity index is 1340. The van der Waals surface area contributed by atoms with Crippen LogP contribution in [0.5, 0.6) is 0 Å². The molecule has 0 aromatic heterocycles.